The molecule has 1 N–H and O–H groups in total. The third-order valence-corrected chi connectivity index (χ3v) is 4.50. The standard InChI is InChI=1S/C13H20N4O3S/c1-4-20-11-15-10(14-2)16-12(17-11)21-8-13(5-6-13)7-9(18)19-3/h4-8H2,1-3H3,(H,14,15,16,17). The monoisotopic (exact) mass is 312 g/mol. The van der Waals surface area contributed by atoms with Crippen molar-refractivity contribution >= 4 is 23.7 Å². The highest BCUT2D eigenvalue weighted by Crippen LogP contribution is 2.51. The molecule has 1 heterocycles. The summed E-state index contributed by atoms with van der Waals surface area (Å²) >= 11 is 1.52. The van der Waals surface area contributed by atoms with Crippen LogP contribution in [0.15, 0.2) is 5.16 Å². The molecule has 0 radical (unpaired) electrons. The highest BCUT2D eigenvalue weighted by atomic mass is 32.2. The van der Waals surface area contributed by atoms with Gasteiger partial charge in [-0.2, -0.15) is 15.0 Å². The Morgan fingerprint density at radius 3 is 2.71 bits per heavy atom. The van der Waals surface area contributed by atoms with Gasteiger partial charge in [0.25, 0.3) is 0 Å². The fourth-order valence-electron chi connectivity index (χ4n) is 1.85. The third kappa shape index (κ3) is 4.45. The van der Waals surface area contributed by atoms with Crippen molar-refractivity contribution in [3.63, 3.8) is 0 Å². The van der Waals surface area contributed by atoms with E-state index >= 15 is 0 Å². The summed E-state index contributed by atoms with van der Waals surface area (Å²) in [5.41, 5.74) is 0.0377. The molecule has 1 aliphatic carbocycles. The lowest BCUT2D eigenvalue weighted by atomic mass is 10.1. The molecule has 1 aromatic heterocycles. The van der Waals surface area contributed by atoms with Crippen LogP contribution in [0.1, 0.15) is 26.2 Å². The molecule has 0 amide bonds. The maximum Gasteiger partial charge on any atom is 0.322 e. The Morgan fingerprint density at radius 1 is 1.38 bits per heavy atom. The van der Waals surface area contributed by atoms with E-state index in [4.69, 9.17) is 9.47 Å². The fraction of sp³-hybridized carbons (Fsp3) is 0.692. The Hall–Kier alpha value is -1.57. The van der Waals surface area contributed by atoms with Gasteiger partial charge in [0.05, 0.1) is 20.1 Å². The molecule has 0 spiro atoms. The lowest BCUT2D eigenvalue weighted by molar-refractivity contribution is -0.141. The maximum atomic E-state index is 11.4. The number of rotatable bonds is 8. The second-order valence-corrected chi connectivity index (χ2v) is 5.89. The van der Waals surface area contributed by atoms with Crippen LogP contribution in [0.25, 0.3) is 0 Å². The van der Waals surface area contributed by atoms with E-state index < -0.39 is 0 Å². The smallest absolute Gasteiger partial charge is 0.322 e. The minimum absolute atomic E-state index is 0.0377. The van der Waals surface area contributed by atoms with Gasteiger partial charge in [0, 0.05) is 12.8 Å². The largest absolute Gasteiger partial charge is 0.469 e. The Kier molecular flexibility index (Phi) is 5.22. The molecular weight excluding hydrogens is 292 g/mol. The summed E-state index contributed by atoms with van der Waals surface area (Å²) in [7, 11) is 3.17. The van der Waals surface area contributed by atoms with E-state index in [-0.39, 0.29) is 11.4 Å². The van der Waals surface area contributed by atoms with Crippen molar-refractivity contribution in [3.8, 4) is 6.01 Å². The van der Waals surface area contributed by atoms with Gasteiger partial charge in [-0.25, -0.2) is 0 Å². The van der Waals surface area contributed by atoms with E-state index in [1.54, 1.807) is 7.05 Å². The van der Waals surface area contributed by atoms with Crippen molar-refractivity contribution in [3.05, 3.63) is 0 Å². The van der Waals surface area contributed by atoms with Crippen LogP contribution >= 0.6 is 11.8 Å². The zero-order chi connectivity index (χ0) is 15.3. The Labute approximate surface area is 128 Å². The Morgan fingerprint density at radius 2 is 2.14 bits per heavy atom. The lowest BCUT2D eigenvalue weighted by Gasteiger charge is -2.12. The number of hydrogen-bond acceptors (Lipinski definition) is 8. The summed E-state index contributed by atoms with van der Waals surface area (Å²) in [5.74, 6) is 1.12. The van der Waals surface area contributed by atoms with Gasteiger partial charge >= 0.3 is 12.0 Å². The zero-order valence-electron chi connectivity index (χ0n) is 12.5. The molecule has 1 aromatic rings. The van der Waals surface area contributed by atoms with Gasteiger partial charge in [0.1, 0.15) is 0 Å². The molecule has 0 aliphatic heterocycles. The quantitative estimate of drug-likeness (QED) is 0.574. The van der Waals surface area contributed by atoms with Crippen LogP contribution < -0.4 is 10.1 Å². The molecule has 21 heavy (non-hydrogen) atoms. The van der Waals surface area contributed by atoms with E-state index in [0.29, 0.717) is 30.1 Å². The van der Waals surface area contributed by atoms with Crippen LogP contribution in [0.3, 0.4) is 0 Å². The second-order valence-electron chi connectivity index (χ2n) is 4.95. The maximum absolute atomic E-state index is 11.4. The van der Waals surface area contributed by atoms with Crippen LogP contribution in [-0.2, 0) is 9.53 Å². The topological polar surface area (TPSA) is 86.2 Å². The van der Waals surface area contributed by atoms with Gasteiger partial charge in [-0.05, 0) is 25.2 Å². The second kappa shape index (κ2) is 6.93. The van der Waals surface area contributed by atoms with E-state index in [1.807, 2.05) is 6.92 Å². The summed E-state index contributed by atoms with van der Waals surface area (Å²) in [6.07, 6.45) is 2.54. The molecule has 2 rings (SSSR count). The molecule has 1 aliphatic rings. The molecule has 7 nitrogen and oxygen atoms in total. The van der Waals surface area contributed by atoms with Gasteiger partial charge in [0.2, 0.25) is 5.95 Å². The number of nitrogens with zero attached hydrogens (tertiary/aromatic N) is 3. The Balaban J connectivity index is 1.99. The van der Waals surface area contributed by atoms with Crippen molar-refractivity contribution < 1.29 is 14.3 Å². The SMILES string of the molecule is CCOc1nc(NC)nc(SCC2(CC(=O)OC)CC2)n1. The number of carbonyl (C=O) groups is 1. The minimum atomic E-state index is -0.158. The zero-order valence-corrected chi connectivity index (χ0v) is 13.3. The van der Waals surface area contributed by atoms with Crippen molar-refractivity contribution in [2.24, 2.45) is 5.41 Å². The van der Waals surface area contributed by atoms with Crippen LogP contribution in [0.4, 0.5) is 5.95 Å². The van der Waals surface area contributed by atoms with Gasteiger partial charge in [0.15, 0.2) is 5.16 Å². The Bertz CT molecular complexity index is 508. The average Bonchev–Trinajstić information content (AvgIpc) is 3.25. The number of nitrogens with one attached hydrogen (secondary N) is 1. The van der Waals surface area contributed by atoms with Crippen LogP contribution in [0.2, 0.25) is 0 Å². The van der Waals surface area contributed by atoms with E-state index in [1.165, 1.54) is 18.9 Å². The molecule has 1 fully saturated rings. The first kappa shape index (κ1) is 15.8. The normalized spacial score (nSPS) is 15.4. The van der Waals surface area contributed by atoms with Crippen molar-refractivity contribution in [1.82, 2.24) is 15.0 Å². The first-order chi connectivity index (χ1) is 10.1. The number of thioether (sulfide) groups is 1. The molecule has 0 bridgehead atoms. The highest BCUT2D eigenvalue weighted by molar-refractivity contribution is 7.99. The molecule has 0 saturated heterocycles. The molecule has 8 heteroatoms. The van der Waals surface area contributed by atoms with Crippen LogP contribution in [0, 0.1) is 5.41 Å². The molecule has 0 aromatic carbocycles. The van der Waals surface area contributed by atoms with E-state index in [9.17, 15) is 4.79 Å². The van der Waals surface area contributed by atoms with Crippen LogP contribution in [-0.4, -0.2) is 47.4 Å². The number of ether oxygens (including phenoxy) is 2. The number of aromatic nitrogens is 3. The first-order valence-electron chi connectivity index (χ1n) is 6.87. The minimum Gasteiger partial charge on any atom is -0.469 e. The van der Waals surface area contributed by atoms with Crippen molar-refractivity contribution in [1.29, 1.82) is 0 Å². The summed E-state index contributed by atoms with van der Waals surface area (Å²) in [6, 6.07) is 0.317. The predicted molar refractivity (Wildman–Crippen MR) is 79.6 cm³/mol. The van der Waals surface area contributed by atoms with Gasteiger partial charge in [-0.1, -0.05) is 11.8 Å². The molecule has 0 unspecified atom stereocenters. The predicted octanol–water partition coefficient (Wildman–Crippen LogP) is 1.75. The number of esters is 1. The summed E-state index contributed by atoms with van der Waals surface area (Å²) in [6.45, 7) is 2.38. The van der Waals surface area contributed by atoms with Gasteiger partial charge < -0.3 is 14.8 Å². The number of hydrogen-bond donors (Lipinski definition) is 1. The average molecular weight is 312 g/mol. The number of anilines is 1. The molecule has 0 atom stereocenters. The van der Waals surface area contributed by atoms with E-state index in [2.05, 4.69) is 20.3 Å². The van der Waals surface area contributed by atoms with E-state index in [0.717, 1.165) is 18.6 Å². The van der Waals surface area contributed by atoms with Crippen molar-refractivity contribution in [2.75, 3.05) is 31.8 Å². The molecular formula is C13H20N4O3S. The number of carbonyl (C=O) groups excluding carboxylic acids is 1. The van der Waals surface area contributed by atoms with Crippen molar-refractivity contribution in [2.45, 2.75) is 31.3 Å². The molecule has 116 valence electrons. The molecule has 1 saturated carbocycles. The lowest BCUT2D eigenvalue weighted by Crippen LogP contribution is -2.13. The van der Waals surface area contributed by atoms with Crippen LogP contribution in [0.5, 0.6) is 6.01 Å². The third-order valence-electron chi connectivity index (χ3n) is 3.30. The highest BCUT2D eigenvalue weighted by Gasteiger charge is 2.44. The number of methoxy groups -OCH3 is 1. The van der Waals surface area contributed by atoms with Gasteiger partial charge in [-0.3, -0.25) is 4.79 Å². The first-order valence-corrected chi connectivity index (χ1v) is 7.85. The summed E-state index contributed by atoms with van der Waals surface area (Å²) < 4.78 is 10.1. The fourth-order valence-corrected chi connectivity index (χ4v) is 2.97. The van der Waals surface area contributed by atoms with Gasteiger partial charge in [-0.15, -0.1) is 0 Å². The summed E-state index contributed by atoms with van der Waals surface area (Å²) in [5, 5.41) is 3.50. The summed E-state index contributed by atoms with van der Waals surface area (Å²) in [4.78, 5) is 24.1.